The molecule has 2 heterocycles. The maximum Gasteiger partial charge on any atom is 0.223 e. The minimum atomic E-state index is -0.145. The van der Waals surface area contributed by atoms with Gasteiger partial charge in [-0.05, 0) is 31.4 Å². The number of hydrogen-bond acceptors (Lipinski definition) is 7. The summed E-state index contributed by atoms with van der Waals surface area (Å²) in [7, 11) is 1.64. The molecule has 0 spiro atoms. The second kappa shape index (κ2) is 9.76. The van der Waals surface area contributed by atoms with Gasteiger partial charge in [0.2, 0.25) is 5.91 Å². The molecule has 3 rings (SSSR count). The zero-order valence-corrected chi connectivity index (χ0v) is 15.8. The van der Waals surface area contributed by atoms with Crippen molar-refractivity contribution >= 4 is 11.7 Å². The van der Waals surface area contributed by atoms with Gasteiger partial charge in [0.1, 0.15) is 6.07 Å². The van der Waals surface area contributed by atoms with Gasteiger partial charge in [-0.1, -0.05) is 6.07 Å². The molecule has 3 atom stereocenters. The molecule has 0 saturated heterocycles. The first-order chi connectivity index (χ1) is 13.7. The highest BCUT2D eigenvalue weighted by atomic mass is 16.5. The summed E-state index contributed by atoms with van der Waals surface area (Å²) >= 11 is 0. The quantitative estimate of drug-likeness (QED) is 0.751. The summed E-state index contributed by atoms with van der Waals surface area (Å²) in [6.45, 7) is 0.566. The number of amides is 1. The van der Waals surface area contributed by atoms with E-state index in [-0.39, 0.29) is 29.7 Å². The third-order valence-corrected chi connectivity index (χ3v) is 5.00. The summed E-state index contributed by atoms with van der Waals surface area (Å²) in [5.74, 6) is 0.410. The summed E-state index contributed by atoms with van der Waals surface area (Å²) in [5.41, 5.74) is 1.22. The minimum absolute atomic E-state index is 0.0219. The molecule has 8 heteroatoms. The Hall–Kier alpha value is -3.05. The Morgan fingerprint density at radius 3 is 2.86 bits per heavy atom. The van der Waals surface area contributed by atoms with Crippen molar-refractivity contribution in [3.8, 4) is 6.07 Å². The molecule has 1 amide bonds. The lowest BCUT2D eigenvalue weighted by Gasteiger charge is -2.35. The third-order valence-electron chi connectivity index (χ3n) is 5.00. The van der Waals surface area contributed by atoms with Crippen molar-refractivity contribution < 1.29 is 9.53 Å². The fraction of sp³-hybridized carbons (Fsp3) is 0.450. The molecule has 1 saturated carbocycles. The van der Waals surface area contributed by atoms with Gasteiger partial charge in [-0.25, -0.2) is 9.97 Å². The number of nitrogens with zero attached hydrogens (tertiary/aromatic N) is 4. The average Bonchev–Trinajstić information content (AvgIpc) is 2.75. The van der Waals surface area contributed by atoms with Crippen LogP contribution in [0.5, 0.6) is 0 Å². The smallest absolute Gasteiger partial charge is 0.223 e. The van der Waals surface area contributed by atoms with Crippen LogP contribution < -0.4 is 10.6 Å². The van der Waals surface area contributed by atoms with Crippen LogP contribution in [0.2, 0.25) is 0 Å². The molecule has 0 unspecified atom stereocenters. The SMILES string of the molecule is CO[C@H]1C[C@@H](C(=O)NCCc2ccccn2)CC[C@@H]1Nc1nccnc1C#N. The first kappa shape index (κ1) is 19.7. The van der Waals surface area contributed by atoms with Gasteiger partial charge in [0.15, 0.2) is 11.5 Å². The Labute approximate surface area is 164 Å². The van der Waals surface area contributed by atoms with Crippen molar-refractivity contribution in [1.29, 1.82) is 5.26 Å². The average molecular weight is 380 g/mol. The molecule has 1 fully saturated rings. The maximum absolute atomic E-state index is 12.5. The van der Waals surface area contributed by atoms with Crippen molar-refractivity contribution in [2.45, 2.75) is 37.8 Å². The molecule has 146 valence electrons. The number of pyridine rings is 1. The predicted molar refractivity (Wildman–Crippen MR) is 103 cm³/mol. The number of nitrogens with one attached hydrogen (secondary N) is 2. The molecule has 8 nitrogen and oxygen atoms in total. The summed E-state index contributed by atoms with van der Waals surface area (Å²) in [4.78, 5) is 25.0. The van der Waals surface area contributed by atoms with Crippen LogP contribution in [0.3, 0.4) is 0 Å². The molecule has 2 N–H and O–H groups in total. The molecule has 0 aliphatic heterocycles. The van der Waals surface area contributed by atoms with E-state index in [9.17, 15) is 4.79 Å². The van der Waals surface area contributed by atoms with Gasteiger partial charge in [0.05, 0.1) is 12.1 Å². The van der Waals surface area contributed by atoms with Gasteiger partial charge < -0.3 is 15.4 Å². The van der Waals surface area contributed by atoms with E-state index in [2.05, 4.69) is 25.6 Å². The normalized spacial score (nSPS) is 21.5. The molecule has 0 radical (unpaired) electrons. The van der Waals surface area contributed by atoms with Gasteiger partial charge in [-0.2, -0.15) is 5.26 Å². The van der Waals surface area contributed by atoms with Gasteiger partial charge in [0, 0.05) is 50.3 Å². The number of rotatable bonds is 7. The molecular weight excluding hydrogens is 356 g/mol. The molecule has 1 aliphatic rings. The first-order valence-electron chi connectivity index (χ1n) is 9.39. The highest BCUT2D eigenvalue weighted by molar-refractivity contribution is 5.78. The van der Waals surface area contributed by atoms with Gasteiger partial charge >= 0.3 is 0 Å². The number of nitriles is 1. The Balaban J connectivity index is 1.52. The first-order valence-corrected chi connectivity index (χ1v) is 9.39. The van der Waals surface area contributed by atoms with E-state index >= 15 is 0 Å². The number of hydrogen-bond donors (Lipinski definition) is 2. The van der Waals surface area contributed by atoms with Crippen LogP contribution in [-0.4, -0.2) is 46.7 Å². The molecule has 2 aromatic heterocycles. The highest BCUT2D eigenvalue weighted by Gasteiger charge is 2.34. The Bertz CT molecular complexity index is 823. The van der Waals surface area contributed by atoms with Crippen LogP contribution in [0, 0.1) is 17.2 Å². The van der Waals surface area contributed by atoms with E-state index in [1.165, 1.54) is 6.20 Å². The van der Waals surface area contributed by atoms with E-state index in [4.69, 9.17) is 10.00 Å². The van der Waals surface area contributed by atoms with Gasteiger partial charge in [-0.15, -0.1) is 0 Å². The second-order valence-electron chi connectivity index (χ2n) is 6.76. The molecule has 2 aromatic rings. The van der Waals surface area contributed by atoms with Crippen molar-refractivity contribution in [2.24, 2.45) is 5.92 Å². The Kier molecular flexibility index (Phi) is 6.87. The standard InChI is InChI=1S/C20H24N6O2/c1-28-18-12-14(20(27)25-9-7-15-4-2-3-8-22-15)5-6-16(18)26-19-17(13-21)23-10-11-24-19/h2-4,8,10-11,14,16,18H,5-7,9,12H2,1H3,(H,24,26)(H,25,27)/t14-,16-,18-/m0/s1. The molecular formula is C20H24N6O2. The fourth-order valence-corrected chi connectivity index (χ4v) is 3.50. The number of methoxy groups -OCH3 is 1. The zero-order chi connectivity index (χ0) is 19.8. The van der Waals surface area contributed by atoms with E-state index in [0.717, 1.165) is 18.5 Å². The van der Waals surface area contributed by atoms with Crippen molar-refractivity contribution in [2.75, 3.05) is 19.0 Å². The Morgan fingerprint density at radius 1 is 1.25 bits per heavy atom. The van der Waals surface area contributed by atoms with Crippen LogP contribution in [0.25, 0.3) is 0 Å². The largest absolute Gasteiger partial charge is 0.379 e. The minimum Gasteiger partial charge on any atom is -0.379 e. The lowest BCUT2D eigenvalue weighted by Crippen LogP contribution is -2.45. The third kappa shape index (κ3) is 5.02. The predicted octanol–water partition coefficient (Wildman–Crippen LogP) is 1.70. The van der Waals surface area contributed by atoms with Crippen LogP contribution in [0.4, 0.5) is 5.82 Å². The highest BCUT2D eigenvalue weighted by Crippen LogP contribution is 2.29. The van der Waals surface area contributed by atoms with E-state index in [0.29, 0.717) is 25.2 Å². The van der Waals surface area contributed by atoms with Crippen molar-refractivity contribution in [1.82, 2.24) is 20.3 Å². The van der Waals surface area contributed by atoms with Crippen LogP contribution in [-0.2, 0) is 16.0 Å². The van der Waals surface area contributed by atoms with E-state index in [1.54, 1.807) is 19.5 Å². The Morgan fingerprint density at radius 2 is 2.11 bits per heavy atom. The van der Waals surface area contributed by atoms with Crippen molar-refractivity contribution in [3.05, 3.63) is 48.2 Å². The van der Waals surface area contributed by atoms with Crippen LogP contribution in [0.15, 0.2) is 36.8 Å². The second-order valence-corrected chi connectivity index (χ2v) is 6.76. The lowest BCUT2D eigenvalue weighted by molar-refractivity contribution is -0.127. The number of anilines is 1. The van der Waals surface area contributed by atoms with Crippen molar-refractivity contribution in [3.63, 3.8) is 0 Å². The van der Waals surface area contributed by atoms with Gasteiger partial charge in [0.25, 0.3) is 0 Å². The van der Waals surface area contributed by atoms with Gasteiger partial charge in [-0.3, -0.25) is 9.78 Å². The summed E-state index contributed by atoms with van der Waals surface area (Å²) < 4.78 is 5.62. The summed E-state index contributed by atoms with van der Waals surface area (Å²) in [6.07, 6.45) is 7.47. The zero-order valence-electron chi connectivity index (χ0n) is 15.8. The number of carbonyl (C=O) groups is 1. The molecule has 0 aromatic carbocycles. The number of carbonyl (C=O) groups excluding carboxylic acids is 1. The van der Waals surface area contributed by atoms with Crippen LogP contribution >= 0.6 is 0 Å². The molecule has 1 aliphatic carbocycles. The number of ether oxygens (including phenoxy) is 1. The molecule has 28 heavy (non-hydrogen) atoms. The summed E-state index contributed by atoms with van der Waals surface area (Å²) in [5, 5.41) is 15.4. The maximum atomic E-state index is 12.5. The monoisotopic (exact) mass is 380 g/mol. The lowest BCUT2D eigenvalue weighted by atomic mass is 9.83. The fourth-order valence-electron chi connectivity index (χ4n) is 3.50. The van der Waals surface area contributed by atoms with Crippen LogP contribution in [0.1, 0.15) is 30.7 Å². The number of aromatic nitrogens is 3. The van der Waals surface area contributed by atoms with E-state index in [1.807, 2.05) is 24.3 Å². The van der Waals surface area contributed by atoms with E-state index < -0.39 is 0 Å². The molecule has 0 bridgehead atoms. The topological polar surface area (TPSA) is 113 Å². The summed E-state index contributed by atoms with van der Waals surface area (Å²) in [6, 6.07) is 7.78.